The zero-order valence-corrected chi connectivity index (χ0v) is 13.3. The zero-order chi connectivity index (χ0) is 13.4. The van der Waals surface area contributed by atoms with Crippen LogP contribution in [-0.2, 0) is 0 Å². The predicted octanol–water partition coefficient (Wildman–Crippen LogP) is 4.67. The molecule has 0 N–H and O–H groups in total. The van der Waals surface area contributed by atoms with E-state index in [9.17, 15) is 0 Å². The van der Waals surface area contributed by atoms with Crippen LogP contribution in [0.25, 0.3) is 0 Å². The van der Waals surface area contributed by atoms with Crippen molar-refractivity contribution in [3.63, 3.8) is 0 Å². The van der Waals surface area contributed by atoms with Crippen molar-refractivity contribution in [3.8, 4) is 0 Å². The minimum atomic E-state index is 0.833. The van der Waals surface area contributed by atoms with Crippen molar-refractivity contribution < 1.29 is 0 Å². The SMILES string of the molecule is CC(C)CCC(CCC(C)C(C)C)CN(C)C. The average Bonchev–Trinajstić information content (AvgIpc) is 2.20. The molecule has 0 aliphatic heterocycles. The van der Waals surface area contributed by atoms with Gasteiger partial charge in [-0.1, -0.05) is 47.5 Å². The minimum Gasteiger partial charge on any atom is -0.309 e. The first-order valence-corrected chi connectivity index (χ1v) is 7.47. The van der Waals surface area contributed by atoms with E-state index in [1.54, 1.807) is 0 Å². The normalized spacial score (nSPS) is 15.9. The van der Waals surface area contributed by atoms with E-state index in [0.29, 0.717) is 0 Å². The summed E-state index contributed by atoms with van der Waals surface area (Å²) in [5, 5.41) is 0. The second-order valence-corrected chi connectivity index (χ2v) is 6.90. The Morgan fingerprint density at radius 3 is 1.71 bits per heavy atom. The summed E-state index contributed by atoms with van der Waals surface area (Å²) in [5.41, 5.74) is 0. The molecule has 2 atom stereocenters. The van der Waals surface area contributed by atoms with E-state index in [2.05, 4.69) is 53.6 Å². The van der Waals surface area contributed by atoms with Crippen LogP contribution in [0.15, 0.2) is 0 Å². The summed E-state index contributed by atoms with van der Waals surface area (Å²) in [5.74, 6) is 3.45. The van der Waals surface area contributed by atoms with Gasteiger partial charge in [0.1, 0.15) is 0 Å². The highest BCUT2D eigenvalue weighted by atomic mass is 15.1. The van der Waals surface area contributed by atoms with Crippen molar-refractivity contribution in [1.29, 1.82) is 0 Å². The Morgan fingerprint density at radius 1 is 0.765 bits per heavy atom. The summed E-state index contributed by atoms with van der Waals surface area (Å²) >= 11 is 0. The maximum atomic E-state index is 2.40. The van der Waals surface area contributed by atoms with E-state index in [1.165, 1.54) is 32.2 Å². The predicted molar refractivity (Wildman–Crippen MR) is 79.4 cm³/mol. The van der Waals surface area contributed by atoms with E-state index in [-0.39, 0.29) is 0 Å². The molecule has 0 aromatic carbocycles. The molecule has 1 heteroatoms. The largest absolute Gasteiger partial charge is 0.309 e. The Labute approximate surface area is 110 Å². The lowest BCUT2D eigenvalue weighted by atomic mass is 9.86. The van der Waals surface area contributed by atoms with E-state index in [4.69, 9.17) is 0 Å². The molecule has 0 aliphatic rings. The summed E-state index contributed by atoms with van der Waals surface area (Å²) in [6.07, 6.45) is 5.59. The van der Waals surface area contributed by atoms with Gasteiger partial charge in [0, 0.05) is 6.54 Å². The van der Waals surface area contributed by atoms with Gasteiger partial charge in [-0.25, -0.2) is 0 Å². The first kappa shape index (κ1) is 17.0. The summed E-state index contributed by atoms with van der Waals surface area (Å²) in [4.78, 5) is 2.35. The van der Waals surface area contributed by atoms with Crippen LogP contribution >= 0.6 is 0 Å². The number of rotatable bonds is 9. The lowest BCUT2D eigenvalue weighted by Gasteiger charge is -2.24. The van der Waals surface area contributed by atoms with Gasteiger partial charge in [0.15, 0.2) is 0 Å². The van der Waals surface area contributed by atoms with Crippen LogP contribution in [0, 0.1) is 23.7 Å². The van der Waals surface area contributed by atoms with Gasteiger partial charge in [-0.3, -0.25) is 0 Å². The first-order chi connectivity index (χ1) is 7.82. The van der Waals surface area contributed by atoms with Crippen LogP contribution in [0.2, 0.25) is 0 Å². The van der Waals surface area contributed by atoms with E-state index in [0.717, 1.165) is 23.7 Å². The molecule has 0 saturated carbocycles. The van der Waals surface area contributed by atoms with Gasteiger partial charge in [0.2, 0.25) is 0 Å². The molecule has 0 bridgehead atoms. The lowest BCUT2D eigenvalue weighted by Crippen LogP contribution is -2.23. The van der Waals surface area contributed by atoms with Crippen molar-refractivity contribution in [1.82, 2.24) is 4.90 Å². The Morgan fingerprint density at radius 2 is 1.29 bits per heavy atom. The Balaban J connectivity index is 4.00. The fourth-order valence-electron chi connectivity index (χ4n) is 2.24. The third-order valence-electron chi connectivity index (χ3n) is 3.94. The van der Waals surface area contributed by atoms with E-state index >= 15 is 0 Å². The first-order valence-electron chi connectivity index (χ1n) is 7.47. The molecule has 0 amide bonds. The molecule has 0 heterocycles. The van der Waals surface area contributed by atoms with Crippen LogP contribution in [0.4, 0.5) is 0 Å². The second kappa shape index (κ2) is 8.97. The highest BCUT2D eigenvalue weighted by Crippen LogP contribution is 2.23. The van der Waals surface area contributed by atoms with Crippen molar-refractivity contribution in [2.75, 3.05) is 20.6 Å². The standard InChI is InChI=1S/C16H35N/c1-13(2)8-10-16(12-17(6)7)11-9-15(5)14(3)4/h13-16H,8-12H2,1-7H3. The molecule has 0 radical (unpaired) electrons. The fourth-order valence-corrected chi connectivity index (χ4v) is 2.24. The molecule has 0 saturated heterocycles. The fraction of sp³-hybridized carbons (Fsp3) is 1.00. The highest BCUT2D eigenvalue weighted by molar-refractivity contribution is 4.67. The molecule has 2 unspecified atom stereocenters. The molecular formula is C16H35N. The lowest BCUT2D eigenvalue weighted by molar-refractivity contribution is 0.259. The molecule has 0 spiro atoms. The van der Waals surface area contributed by atoms with Crippen molar-refractivity contribution in [2.45, 2.75) is 60.3 Å². The van der Waals surface area contributed by atoms with Crippen molar-refractivity contribution >= 4 is 0 Å². The summed E-state index contributed by atoms with van der Waals surface area (Å²) in [6, 6.07) is 0. The molecular weight excluding hydrogens is 206 g/mol. The summed E-state index contributed by atoms with van der Waals surface area (Å²) in [6.45, 7) is 13.0. The Bertz CT molecular complexity index is 172. The van der Waals surface area contributed by atoms with Gasteiger partial charge in [0.25, 0.3) is 0 Å². The maximum absolute atomic E-state index is 2.40. The van der Waals surface area contributed by atoms with Crippen LogP contribution in [0.5, 0.6) is 0 Å². The van der Waals surface area contributed by atoms with Crippen LogP contribution in [-0.4, -0.2) is 25.5 Å². The monoisotopic (exact) mass is 241 g/mol. The Kier molecular flexibility index (Phi) is 8.94. The molecule has 0 fully saturated rings. The van der Waals surface area contributed by atoms with Gasteiger partial charge in [-0.15, -0.1) is 0 Å². The average molecular weight is 241 g/mol. The third kappa shape index (κ3) is 9.64. The highest BCUT2D eigenvalue weighted by Gasteiger charge is 2.14. The van der Waals surface area contributed by atoms with E-state index in [1.807, 2.05) is 0 Å². The maximum Gasteiger partial charge on any atom is 0.000356 e. The smallest absolute Gasteiger partial charge is 0.000356 e. The summed E-state index contributed by atoms with van der Waals surface area (Å²) < 4.78 is 0. The van der Waals surface area contributed by atoms with Gasteiger partial charge in [-0.05, 0) is 50.6 Å². The Hall–Kier alpha value is -0.0400. The van der Waals surface area contributed by atoms with Gasteiger partial charge < -0.3 is 4.90 Å². The van der Waals surface area contributed by atoms with Gasteiger partial charge in [-0.2, -0.15) is 0 Å². The number of hydrogen-bond donors (Lipinski definition) is 0. The molecule has 1 nitrogen and oxygen atoms in total. The molecule has 0 aliphatic carbocycles. The van der Waals surface area contributed by atoms with Crippen molar-refractivity contribution in [3.05, 3.63) is 0 Å². The summed E-state index contributed by atoms with van der Waals surface area (Å²) in [7, 11) is 4.41. The third-order valence-corrected chi connectivity index (χ3v) is 3.94. The number of hydrogen-bond acceptors (Lipinski definition) is 1. The molecule has 0 aromatic rings. The topological polar surface area (TPSA) is 3.24 Å². The minimum absolute atomic E-state index is 0.833. The van der Waals surface area contributed by atoms with Crippen LogP contribution < -0.4 is 0 Å². The zero-order valence-electron chi connectivity index (χ0n) is 13.3. The second-order valence-electron chi connectivity index (χ2n) is 6.90. The number of nitrogens with zero attached hydrogens (tertiary/aromatic N) is 1. The quantitative estimate of drug-likeness (QED) is 0.567. The molecule has 0 aromatic heterocycles. The van der Waals surface area contributed by atoms with Gasteiger partial charge >= 0.3 is 0 Å². The van der Waals surface area contributed by atoms with Crippen molar-refractivity contribution in [2.24, 2.45) is 23.7 Å². The van der Waals surface area contributed by atoms with Crippen LogP contribution in [0.1, 0.15) is 60.3 Å². The molecule has 17 heavy (non-hydrogen) atoms. The molecule has 104 valence electrons. The van der Waals surface area contributed by atoms with Crippen LogP contribution in [0.3, 0.4) is 0 Å². The van der Waals surface area contributed by atoms with Gasteiger partial charge in [0.05, 0.1) is 0 Å². The van der Waals surface area contributed by atoms with E-state index < -0.39 is 0 Å². The molecule has 0 rings (SSSR count).